The maximum Gasteiger partial charge on any atom is 0.397 e. The maximum absolute atomic E-state index is 14.2. The standard InChI is InChI=1S/C52H84N2O70S10/c1-11-29(117-127(78,79)80)39(122-132(93,94)95)26(63)49(105-11)108-19(6-16(58)44(66)67)18(60)8-102-35-22(53-14(4)56)47(109-20(9-103-125(72,73)74)33(35)120-130(87,88)89)115-42-38(114-51-28(65)41(124-134(99,100)101)31(13(3)107-51)119-129(84,85)86)25(62)52(116-43(42)46(70)71)112-36-23(54-15(5)57)48(110-21(10-104-126(75,76)77)34(36)121-131(90,91)92)113-37(24(61)45(68)69)32(17(59)7-55)111-50-27(64)40(123-133(96,97)98)30(12(2)106-50)118-128(81,82)83/h6,11-13,17-43,47-52,55,58-65H,7-10H2,1-5H3,(H,53,56)(H,54,57)(H,66,67)(H,68,69)(H,70,71)(H,72,73,74)(H,75,76,77)(H,78,79,80)(H,81,82,83)(H,84,85,86)(H,87,88,89)(H,90,91,92)(H,93,94,95)(H,96,97,98)(H,99,100,101)/b16-6-/t11?,12?,13?,17?,18?,19-,20?,21?,22?,23?,24?,25-,26?,27?,28?,29+,30+,31+,32+,33-,34-,35+,36+,37+,38?,39+,40+,41+,42-,43?,47-,48-,49-,50-,51-,52+/m0/s1. The first-order valence-electron chi connectivity index (χ1n) is 35.7. The van der Waals surface area contributed by atoms with Crippen molar-refractivity contribution < 1.29 is 318 Å². The van der Waals surface area contributed by atoms with E-state index in [-0.39, 0.29) is 6.08 Å². The van der Waals surface area contributed by atoms with Gasteiger partial charge in [0.05, 0.1) is 44.7 Å². The predicted molar refractivity (Wildman–Crippen MR) is 392 cm³/mol. The molecule has 36 atom stereocenters. The second kappa shape index (κ2) is 46.2. The first-order valence-corrected chi connectivity index (χ1v) is 49.4. The van der Waals surface area contributed by atoms with Gasteiger partial charge in [0, 0.05) is 13.8 Å². The average Bonchev–Trinajstić information content (AvgIpc) is 0.791. The lowest BCUT2D eigenvalue weighted by atomic mass is 9.93. The molecule has 782 valence electrons. The number of nitrogens with one attached hydrogen (secondary N) is 2. The van der Waals surface area contributed by atoms with Gasteiger partial charge in [-0.3, -0.25) is 55.1 Å². The first kappa shape index (κ1) is 117. The predicted octanol–water partition coefficient (Wildman–Crippen LogP) is -15.5. The van der Waals surface area contributed by atoms with E-state index in [1.807, 2.05) is 10.6 Å². The summed E-state index contributed by atoms with van der Waals surface area (Å²) in [5, 5.41) is 138. The van der Waals surface area contributed by atoms with Gasteiger partial charge in [-0.25, -0.2) is 56.2 Å². The van der Waals surface area contributed by atoms with E-state index < -0.39 is 387 Å². The van der Waals surface area contributed by atoms with Crippen LogP contribution in [0.3, 0.4) is 0 Å². The molecule has 2 amide bonds. The van der Waals surface area contributed by atoms with Gasteiger partial charge in [-0.05, 0) is 26.8 Å². The number of amides is 2. The van der Waals surface area contributed by atoms with E-state index in [0.717, 1.165) is 0 Å². The summed E-state index contributed by atoms with van der Waals surface area (Å²) in [5.41, 5.74) is 0. The number of hydrogen-bond donors (Lipinski definition) is 24. The summed E-state index contributed by atoms with van der Waals surface area (Å²) in [6.07, 6.45) is -104. The smallest absolute Gasteiger partial charge is 0.397 e. The molecule has 6 heterocycles. The molecule has 0 spiro atoms. The van der Waals surface area contributed by atoms with Crippen molar-refractivity contribution in [1.82, 2.24) is 10.6 Å². The van der Waals surface area contributed by atoms with Crippen LogP contribution in [0, 0.1) is 0 Å². The van der Waals surface area contributed by atoms with E-state index in [1.165, 1.54) is 0 Å². The molecule has 0 bridgehead atoms. The molecule has 6 saturated heterocycles. The number of aliphatic hydroxyl groups excluding tert-OH is 9. The summed E-state index contributed by atoms with van der Waals surface area (Å²) in [6.45, 7) is -5.13. The molecular weight excluding hydrogens is 2090 g/mol. The number of hydrogen-bond acceptors (Lipinski definition) is 57. The van der Waals surface area contributed by atoms with Crippen LogP contribution in [-0.4, -0.2) is 468 Å². The molecule has 6 fully saturated rings. The topological polar surface area (TPSA) is 1110 Å². The first-order chi connectivity index (χ1) is 60.8. The number of carboxylic acid groups (broad SMARTS) is 3. The molecule has 24 N–H and O–H groups in total. The molecule has 6 aliphatic rings. The third-order valence-electron chi connectivity index (χ3n) is 18.3. The Hall–Kier alpha value is -5.25. The van der Waals surface area contributed by atoms with Crippen molar-refractivity contribution in [2.45, 2.75) is 255 Å². The number of ether oxygens (including phenoxy) is 13. The van der Waals surface area contributed by atoms with Crippen LogP contribution in [0.1, 0.15) is 34.6 Å². The highest BCUT2D eigenvalue weighted by molar-refractivity contribution is 7.83. The lowest BCUT2D eigenvalue weighted by molar-refractivity contribution is -0.386. The van der Waals surface area contributed by atoms with Crippen LogP contribution >= 0.6 is 0 Å². The zero-order chi connectivity index (χ0) is 102. The van der Waals surface area contributed by atoms with Crippen LogP contribution in [-0.2, 0) is 231 Å². The fourth-order valence-corrected chi connectivity index (χ4v) is 18.0. The van der Waals surface area contributed by atoms with Crippen LogP contribution in [0.25, 0.3) is 0 Å². The molecule has 72 nitrogen and oxygen atoms in total. The summed E-state index contributed by atoms with van der Waals surface area (Å²) in [6, 6.07) is -6.00. The normalized spacial score (nSPS) is 35.3. The minimum Gasteiger partial charge on any atom is -0.502 e. The number of carboxylic acids is 3. The van der Waals surface area contributed by atoms with Crippen molar-refractivity contribution in [1.29, 1.82) is 0 Å². The molecular formula is C52H84N2O70S10. The Balaban J connectivity index is 1.65. The van der Waals surface area contributed by atoms with Gasteiger partial charge in [0.1, 0.15) is 152 Å². The molecule has 0 aromatic rings. The quantitative estimate of drug-likeness (QED) is 0.0153. The Morgan fingerprint density at radius 2 is 0.687 bits per heavy atom. The summed E-state index contributed by atoms with van der Waals surface area (Å²) >= 11 is 0. The highest BCUT2D eigenvalue weighted by Crippen LogP contribution is 2.42. The molecule has 0 saturated carbocycles. The van der Waals surface area contributed by atoms with E-state index in [2.05, 4.69) is 33.5 Å². The molecule has 0 aromatic heterocycles. The number of carbonyl (C=O) groups excluding carboxylic acids is 2. The highest BCUT2D eigenvalue weighted by atomic mass is 32.3. The SMILES string of the molecule is CC(=O)NC1[C@H](O[C@@H]2C(C(=O)O)O[C@@H](O[C@@H]3C(NC(C)=O)[C@H](O[C@H](C(O)C(=O)O)[C@H](O[C@@H]4OC(C)[C@@H](OS(=O)(=O)O)[C@H](OS(=O)(=O)O)C4O)C(O)CO)OC(COS(=O)(=O)O)[C@@H]3OS(=O)(=O)O)[C@@H](O)C2O[C@@H]2OC(C)[C@@H](OS(=O)(=O)O)[C@H](OS(=O)(=O)O)C2O)OC(COS(=O)(=O)O)[C@H](OS(=O)(=O)O)[C@@H]1OCC(O)[C@H](/C=C(\O)C(=O)O)O[C@@H]1OC(C)[C@@H](OS(=O)(=O)O)[C@H](OS(=O)(=O)O)C1O. The third kappa shape index (κ3) is 35.5. The van der Waals surface area contributed by atoms with Gasteiger partial charge in [0.2, 0.25) is 11.8 Å². The Labute approximate surface area is 752 Å². The number of aliphatic hydroxyl groups is 9. The lowest BCUT2D eigenvalue weighted by Gasteiger charge is -2.51. The fraction of sp³-hybridized carbons (Fsp3) is 0.865. The Morgan fingerprint density at radius 1 is 0.366 bits per heavy atom. The van der Waals surface area contributed by atoms with Crippen LogP contribution in [0.5, 0.6) is 0 Å². The third-order valence-corrected chi connectivity index (χ3v) is 22.8. The number of rotatable bonds is 48. The number of aliphatic carboxylic acids is 3. The average molecular weight is 2180 g/mol. The summed E-state index contributed by atoms with van der Waals surface area (Å²) < 4.78 is 461. The largest absolute Gasteiger partial charge is 0.502 e. The Bertz CT molecular complexity index is 5320. The van der Waals surface area contributed by atoms with Crippen LogP contribution in [0.4, 0.5) is 0 Å². The molecule has 82 heteroatoms. The van der Waals surface area contributed by atoms with Gasteiger partial charge in [0.25, 0.3) is 0 Å². The van der Waals surface area contributed by atoms with E-state index in [1.54, 1.807) is 0 Å². The number of carbonyl (C=O) groups is 5. The molecule has 0 aliphatic carbocycles. The molecule has 6 aliphatic heterocycles. The molecule has 15 unspecified atom stereocenters. The van der Waals surface area contributed by atoms with E-state index >= 15 is 0 Å². The Morgan fingerprint density at radius 3 is 1.05 bits per heavy atom. The fourth-order valence-electron chi connectivity index (χ4n) is 13.2. The zero-order valence-electron chi connectivity index (χ0n) is 66.7. The maximum atomic E-state index is 14.2. The monoisotopic (exact) mass is 2180 g/mol. The van der Waals surface area contributed by atoms with Crippen molar-refractivity contribution in [3.63, 3.8) is 0 Å². The summed E-state index contributed by atoms with van der Waals surface area (Å²) in [5.74, 6) is -13.0. The molecule has 6 rings (SSSR count). The molecule has 0 radical (unpaired) electrons. The van der Waals surface area contributed by atoms with Gasteiger partial charge in [-0.2, -0.15) is 84.2 Å². The van der Waals surface area contributed by atoms with E-state index in [0.29, 0.717) is 34.6 Å². The van der Waals surface area contributed by atoms with Gasteiger partial charge in [-0.1, -0.05) is 0 Å². The van der Waals surface area contributed by atoms with Crippen molar-refractivity contribution in [2.75, 3.05) is 26.4 Å². The van der Waals surface area contributed by atoms with Gasteiger partial charge in [0.15, 0.2) is 55.7 Å². The van der Waals surface area contributed by atoms with Crippen LogP contribution in [0.15, 0.2) is 11.8 Å². The van der Waals surface area contributed by atoms with Crippen molar-refractivity contribution in [2.24, 2.45) is 0 Å². The van der Waals surface area contributed by atoms with Crippen molar-refractivity contribution in [3.05, 3.63) is 11.8 Å². The highest BCUT2D eigenvalue weighted by Gasteiger charge is 2.63. The lowest BCUT2D eigenvalue weighted by Crippen LogP contribution is -2.72. The summed E-state index contributed by atoms with van der Waals surface area (Å²) in [4.78, 5) is 66.5. The minimum absolute atomic E-state index is 0.0877. The van der Waals surface area contributed by atoms with Gasteiger partial charge < -0.3 is 133 Å². The van der Waals surface area contributed by atoms with Crippen molar-refractivity contribution in [3.8, 4) is 0 Å². The van der Waals surface area contributed by atoms with Crippen LogP contribution in [0.2, 0.25) is 0 Å². The van der Waals surface area contributed by atoms with Crippen molar-refractivity contribution >= 4 is 134 Å². The Kier molecular flexibility index (Phi) is 40.5. The second-order valence-electron chi connectivity index (χ2n) is 28.1. The van der Waals surface area contributed by atoms with Crippen LogP contribution < -0.4 is 10.6 Å². The summed E-state index contributed by atoms with van der Waals surface area (Å²) in [7, 11) is -60.6. The second-order valence-corrected chi connectivity index (χ2v) is 38.7. The molecule has 134 heavy (non-hydrogen) atoms. The van der Waals surface area contributed by atoms with Gasteiger partial charge >= 0.3 is 122 Å². The molecule has 0 aromatic carbocycles. The zero-order valence-corrected chi connectivity index (χ0v) is 74.9. The van der Waals surface area contributed by atoms with E-state index in [9.17, 15) is 215 Å². The minimum atomic E-state index is -6.47. The van der Waals surface area contributed by atoms with E-state index in [4.69, 9.17) is 69.9 Å². The van der Waals surface area contributed by atoms with Gasteiger partial charge in [-0.15, -0.1) is 0 Å².